The zero-order valence-corrected chi connectivity index (χ0v) is 13.5. The summed E-state index contributed by atoms with van der Waals surface area (Å²) < 4.78 is 19.5. The largest absolute Gasteiger partial charge is 0.462 e. The molecule has 0 saturated carbocycles. The van der Waals surface area contributed by atoms with Crippen molar-refractivity contribution < 1.29 is 9.13 Å². The minimum atomic E-state index is -0.325. The molecule has 0 aliphatic carbocycles. The van der Waals surface area contributed by atoms with Gasteiger partial charge in [0.25, 0.3) is 0 Å². The molecule has 0 radical (unpaired) electrons. The van der Waals surface area contributed by atoms with Crippen LogP contribution in [0.25, 0.3) is 11.4 Å². The monoisotopic (exact) mass is 327 g/mol. The van der Waals surface area contributed by atoms with Crippen molar-refractivity contribution >= 4 is 11.4 Å². The fraction of sp³-hybridized carbons (Fsp3) is 0.235. The zero-order chi connectivity index (χ0) is 16.9. The molecule has 7 heteroatoms. The van der Waals surface area contributed by atoms with Gasteiger partial charge in [-0.1, -0.05) is 13.0 Å². The Bertz CT molecular complexity index is 833. The second-order valence-corrected chi connectivity index (χ2v) is 5.34. The van der Waals surface area contributed by atoms with Gasteiger partial charge in [-0.25, -0.2) is 4.39 Å². The maximum absolute atomic E-state index is 14.1. The molecule has 1 aromatic carbocycles. The first-order valence-corrected chi connectivity index (χ1v) is 7.70. The van der Waals surface area contributed by atoms with Crippen LogP contribution in [0.3, 0.4) is 0 Å². The van der Waals surface area contributed by atoms with Crippen LogP contribution >= 0.6 is 0 Å². The Morgan fingerprint density at radius 1 is 1.25 bits per heavy atom. The molecule has 0 saturated heterocycles. The maximum Gasteiger partial charge on any atom is 0.335 e. The predicted octanol–water partition coefficient (Wildman–Crippen LogP) is 3.85. The minimum absolute atomic E-state index is 0.288. The lowest BCUT2D eigenvalue weighted by Gasteiger charge is -2.11. The molecule has 0 aliphatic rings. The number of pyridine rings is 1. The molecule has 3 aromatic rings. The molecule has 6 nitrogen and oxygen atoms in total. The SMILES string of the molecule is CCCOc1n[nH]c(-c2ccncc2Nc2ccc(C)cc2F)n1. The van der Waals surface area contributed by atoms with Gasteiger partial charge >= 0.3 is 6.01 Å². The molecule has 0 amide bonds. The van der Waals surface area contributed by atoms with Crippen molar-refractivity contribution in [3.05, 3.63) is 48.0 Å². The zero-order valence-electron chi connectivity index (χ0n) is 13.5. The highest BCUT2D eigenvalue weighted by Crippen LogP contribution is 2.29. The summed E-state index contributed by atoms with van der Waals surface area (Å²) in [7, 11) is 0. The fourth-order valence-electron chi connectivity index (χ4n) is 2.19. The topological polar surface area (TPSA) is 75.7 Å². The van der Waals surface area contributed by atoms with Crippen LogP contribution in [0.4, 0.5) is 15.8 Å². The first-order chi connectivity index (χ1) is 11.7. The van der Waals surface area contributed by atoms with E-state index >= 15 is 0 Å². The summed E-state index contributed by atoms with van der Waals surface area (Å²) in [5, 5.41) is 9.91. The molecule has 0 atom stereocenters. The number of anilines is 2. The Kier molecular flexibility index (Phi) is 4.69. The number of halogens is 1. The Hall–Kier alpha value is -2.96. The fourth-order valence-corrected chi connectivity index (χ4v) is 2.19. The van der Waals surface area contributed by atoms with Crippen molar-refractivity contribution in [2.24, 2.45) is 0 Å². The molecule has 0 aliphatic heterocycles. The lowest BCUT2D eigenvalue weighted by molar-refractivity contribution is 0.293. The van der Waals surface area contributed by atoms with Crippen molar-refractivity contribution in [1.82, 2.24) is 20.2 Å². The van der Waals surface area contributed by atoms with Gasteiger partial charge in [0.1, 0.15) is 5.82 Å². The molecule has 0 spiro atoms. The van der Waals surface area contributed by atoms with Crippen LogP contribution in [0, 0.1) is 12.7 Å². The van der Waals surface area contributed by atoms with Gasteiger partial charge in [0.05, 0.1) is 24.2 Å². The predicted molar refractivity (Wildman–Crippen MR) is 89.8 cm³/mol. The van der Waals surface area contributed by atoms with Gasteiger partial charge in [-0.3, -0.25) is 10.1 Å². The van der Waals surface area contributed by atoms with Crippen LogP contribution in [0.5, 0.6) is 6.01 Å². The van der Waals surface area contributed by atoms with E-state index in [1.165, 1.54) is 6.07 Å². The smallest absolute Gasteiger partial charge is 0.335 e. The minimum Gasteiger partial charge on any atom is -0.462 e. The Morgan fingerprint density at radius 3 is 2.92 bits per heavy atom. The van der Waals surface area contributed by atoms with Crippen molar-refractivity contribution in [3.63, 3.8) is 0 Å². The molecule has 3 rings (SSSR count). The molecule has 0 unspecified atom stereocenters. The number of benzene rings is 1. The first-order valence-electron chi connectivity index (χ1n) is 7.70. The number of rotatable bonds is 6. The lowest BCUT2D eigenvalue weighted by atomic mass is 10.2. The van der Waals surface area contributed by atoms with Crippen molar-refractivity contribution in [1.29, 1.82) is 0 Å². The molecule has 0 bridgehead atoms. The number of hydrogen-bond donors (Lipinski definition) is 2. The number of aromatic amines is 1. The molecular weight excluding hydrogens is 309 g/mol. The molecule has 124 valence electrons. The van der Waals surface area contributed by atoms with E-state index in [4.69, 9.17) is 4.74 Å². The van der Waals surface area contributed by atoms with Crippen LogP contribution in [0.2, 0.25) is 0 Å². The van der Waals surface area contributed by atoms with Crippen LogP contribution in [0.15, 0.2) is 36.7 Å². The number of hydrogen-bond acceptors (Lipinski definition) is 5. The van der Waals surface area contributed by atoms with Crippen LogP contribution < -0.4 is 10.1 Å². The van der Waals surface area contributed by atoms with Gasteiger partial charge in [0.15, 0.2) is 5.82 Å². The highest BCUT2D eigenvalue weighted by molar-refractivity contribution is 5.76. The normalized spacial score (nSPS) is 10.6. The number of ether oxygens (including phenoxy) is 1. The highest BCUT2D eigenvalue weighted by atomic mass is 19.1. The van der Waals surface area contributed by atoms with Crippen molar-refractivity contribution in [2.45, 2.75) is 20.3 Å². The number of aromatic nitrogens is 4. The third-order valence-electron chi connectivity index (χ3n) is 3.37. The molecule has 2 heterocycles. The van der Waals surface area contributed by atoms with Gasteiger partial charge in [-0.15, -0.1) is 5.10 Å². The standard InChI is InChI=1S/C17H18FN5O/c1-3-8-24-17-21-16(22-23-17)12-6-7-19-10-15(12)20-14-5-4-11(2)9-13(14)18/h4-7,9-10,20H,3,8H2,1-2H3,(H,21,22,23). The quantitative estimate of drug-likeness (QED) is 0.719. The highest BCUT2D eigenvalue weighted by Gasteiger charge is 2.12. The van der Waals surface area contributed by atoms with E-state index < -0.39 is 0 Å². The van der Waals surface area contributed by atoms with E-state index in [2.05, 4.69) is 25.5 Å². The Labute approximate surface area is 139 Å². The van der Waals surface area contributed by atoms with Gasteiger partial charge in [0, 0.05) is 11.8 Å². The average molecular weight is 327 g/mol. The van der Waals surface area contributed by atoms with Crippen molar-refractivity contribution in [3.8, 4) is 17.4 Å². The second-order valence-electron chi connectivity index (χ2n) is 5.34. The van der Waals surface area contributed by atoms with Crippen LogP contribution in [-0.2, 0) is 0 Å². The number of nitrogens with one attached hydrogen (secondary N) is 2. The third kappa shape index (κ3) is 3.51. The van der Waals surface area contributed by atoms with E-state index in [1.807, 2.05) is 19.9 Å². The summed E-state index contributed by atoms with van der Waals surface area (Å²) in [6.07, 6.45) is 4.13. The van der Waals surface area contributed by atoms with Gasteiger partial charge < -0.3 is 10.1 Å². The second kappa shape index (κ2) is 7.08. The van der Waals surface area contributed by atoms with E-state index in [0.29, 0.717) is 23.8 Å². The third-order valence-corrected chi connectivity index (χ3v) is 3.37. The number of aryl methyl sites for hydroxylation is 1. The molecular formula is C17H18FN5O. The lowest BCUT2D eigenvalue weighted by Crippen LogP contribution is -1.98. The number of H-pyrrole nitrogens is 1. The van der Waals surface area contributed by atoms with Crippen LogP contribution in [0.1, 0.15) is 18.9 Å². The molecule has 0 fully saturated rings. The van der Waals surface area contributed by atoms with Crippen molar-refractivity contribution in [2.75, 3.05) is 11.9 Å². The maximum atomic E-state index is 14.1. The number of nitrogens with zero attached hydrogens (tertiary/aromatic N) is 3. The molecule has 2 N–H and O–H groups in total. The van der Waals surface area contributed by atoms with E-state index in [0.717, 1.165) is 17.5 Å². The summed E-state index contributed by atoms with van der Waals surface area (Å²) >= 11 is 0. The summed E-state index contributed by atoms with van der Waals surface area (Å²) in [6, 6.07) is 7.07. The van der Waals surface area contributed by atoms with E-state index in [-0.39, 0.29) is 11.8 Å². The van der Waals surface area contributed by atoms with E-state index in [9.17, 15) is 4.39 Å². The molecule has 2 aromatic heterocycles. The molecule has 24 heavy (non-hydrogen) atoms. The van der Waals surface area contributed by atoms with Gasteiger partial charge in [0.2, 0.25) is 0 Å². The Balaban J connectivity index is 1.89. The Morgan fingerprint density at radius 2 is 2.12 bits per heavy atom. The summed E-state index contributed by atoms with van der Waals surface area (Å²) in [5.41, 5.74) is 2.58. The summed E-state index contributed by atoms with van der Waals surface area (Å²) in [4.78, 5) is 8.40. The average Bonchev–Trinajstić information content (AvgIpc) is 3.05. The van der Waals surface area contributed by atoms with Gasteiger partial charge in [-0.2, -0.15) is 4.98 Å². The van der Waals surface area contributed by atoms with E-state index in [1.54, 1.807) is 24.5 Å². The summed E-state index contributed by atoms with van der Waals surface area (Å²) in [6.45, 7) is 4.40. The first kappa shape index (κ1) is 15.9. The van der Waals surface area contributed by atoms with Gasteiger partial charge in [-0.05, 0) is 37.1 Å². The summed E-state index contributed by atoms with van der Waals surface area (Å²) in [5.74, 6) is 0.202. The van der Waals surface area contributed by atoms with Crippen LogP contribution in [-0.4, -0.2) is 26.8 Å².